The van der Waals surface area contributed by atoms with Crippen molar-refractivity contribution in [1.29, 1.82) is 0 Å². The standard InChI is InChI=1S/C14H13BrN2O3/c1-19-10-3-4-12(20-2)11(8-10)14(18)17-13-7-9(15)5-6-16-13/h3-8H,1-2H3,(H,16,17,18). The van der Waals surface area contributed by atoms with Gasteiger partial charge in [0.2, 0.25) is 0 Å². The lowest BCUT2D eigenvalue weighted by Crippen LogP contribution is -2.14. The summed E-state index contributed by atoms with van der Waals surface area (Å²) in [6.07, 6.45) is 1.60. The maximum atomic E-state index is 12.3. The molecule has 0 radical (unpaired) electrons. The fourth-order valence-corrected chi connectivity index (χ4v) is 1.98. The molecule has 0 atom stereocenters. The molecule has 5 nitrogen and oxygen atoms in total. The van der Waals surface area contributed by atoms with Crippen molar-refractivity contribution >= 4 is 27.7 Å². The van der Waals surface area contributed by atoms with Crippen molar-refractivity contribution in [2.75, 3.05) is 19.5 Å². The predicted octanol–water partition coefficient (Wildman–Crippen LogP) is 3.11. The number of ether oxygens (including phenoxy) is 2. The van der Waals surface area contributed by atoms with E-state index in [1.165, 1.54) is 7.11 Å². The molecule has 2 rings (SSSR count). The molecular weight excluding hydrogens is 324 g/mol. The summed E-state index contributed by atoms with van der Waals surface area (Å²) in [7, 11) is 3.05. The van der Waals surface area contributed by atoms with E-state index < -0.39 is 0 Å². The number of anilines is 1. The normalized spacial score (nSPS) is 9.95. The van der Waals surface area contributed by atoms with Crippen molar-refractivity contribution in [1.82, 2.24) is 4.98 Å². The number of nitrogens with zero attached hydrogens (tertiary/aromatic N) is 1. The third-order valence-corrected chi connectivity index (χ3v) is 3.11. The van der Waals surface area contributed by atoms with E-state index in [0.717, 1.165) is 4.47 Å². The molecule has 1 aromatic heterocycles. The second-order valence-electron chi connectivity index (χ2n) is 3.88. The van der Waals surface area contributed by atoms with E-state index in [1.807, 2.05) is 0 Å². The first-order chi connectivity index (χ1) is 9.63. The Morgan fingerprint density at radius 1 is 1.20 bits per heavy atom. The first kappa shape index (κ1) is 14.3. The topological polar surface area (TPSA) is 60.5 Å². The lowest BCUT2D eigenvalue weighted by atomic mass is 10.1. The SMILES string of the molecule is COc1ccc(OC)c(C(=O)Nc2cc(Br)ccn2)c1. The van der Waals surface area contributed by atoms with Crippen LogP contribution in [0.25, 0.3) is 0 Å². The minimum atomic E-state index is -0.314. The summed E-state index contributed by atoms with van der Waals surface area (Å²) in [5.74, 6) is 1.19. The predicted molar refractivity (Wildman–Crippen MR) is 79.4 cm³/mol. The Morgan fingerprint density at radius 3 is 2.65 bits per heavy atom. The first-order valence-electron chi connectivity index (χ1n) is 5.79. The molecule has 0 fully saturated rings. The van der Waals surface area contributed by atoms with Gasteiger partial charge in [-0.25, -0.2) is 4.98 Å². The number of benzene rings is 1. The van der Waals surface area contributed by atoms with Crippen LogP contribution in [0, 0.1) is 0 Å². The monoisotopic (exact) mass is 336 g/mol. The summed E-state index contributed by atoms with van der Waals surface area (Å²) in [5.41, 5.74) is 0.383. The molecular formula is C14H13BrN2O3. The van der Waals surface area contributed by atoms with Crippen LogP contribution >= 0.6 is 15.9 Å². The van der Waals surface area contributed by atoms with Gasteiger partial charge in [0.15, 0.2) is 0 Å². The first-order valence-corrected chi connectivity index (χ1v) is 6.58. The Kier molecular flexibility index (Phi) is 4.57. The number of aromatic nitrogens is 1. The molecule has 0 spiro atoms. The zero-order chi connectivity index (χ0) is 14.5. The molecule has 20 heavy (non-hydrogen) atoms. The molecule has 1 amide bonds. The minimum absolute atomic E-state index is 0.314. The van der Waals surface area contributed by atoms with Crippen molar-refractivity contribution in [2.45, 2.75) is 0 Å². The summed E-state index contributed by atoms with van der Waals surface area (Å²) in [5, 5.41) is 2.71. The molecule has 1 aromatic carbocycles. The third-order valence-electron chi connectivity index (χ3n) is 2.61. The van der Waals surface area contributed by atoms with Gasteiger partial charge in [-0.2, -0.15) is 0 Å². The van der Waals surface area contributed by atoms with Gasteiger partial charge in [0.25, 0.3) is 5.91 Å². The van der Waals surface area contributed by atoms with E-state index in [4.69, 9.17) is 9.47 Å². The second-order valence-corrected chi connectivity index (χ2v) is 4.80. The largest absolute Gasteiger partial charge is 0.497 e. The number of pyridine rings is 1. The fourth-order valence-electron chi connectivity index (χ4n) is 1.65. The highest BCUT2D eigenvalue weighted by Gasteiger charge is 2.14. The number of hydrogen-bond acceptors (Lipinski definition) is 4. The van der Waals surface area contributed by atoms with Crippen LogP contribution in [-0.4, -0.2) is 25.1 Å². The Bertz CT molecular complexity index is 632. The molecule has 0 aliphatic carbocycles. The van der Waals surface area contributed by atoms with Gasteiger partial charge >= 0.3 is 0 Å². The molecule has 1 heterocycles. The van der Waals surface area contributed by atoms with Crippen molar-refractivity contribution < 1.29 is 14.3 Å². The summed E-state index contributed by atoms with van der Waals surface area (Å²) < 4.78 is 11.1. The number of carbonyl (C=O) groups excluding carboxylic acids is 1. The summed E-state index contributed by atoms with van der Waals surface area (Å²) in [6.45, 7) is 0. The Hall–Kier alpha value is -2.08. The molecule has 0 saturated heterocycles. The van der Waals surface area contributed by atoms with Crippen LogP contribution in [-0.2, 0) is 0 Å². The van der Waals surface area contributed by atoms with Crippen molar-refractivity contribution in [2.24, 2.45) is 0 Å². The Balaban J connectivity index is 2.28. The molecule has 0 unspecified atom stereocenters. The Morgan fingerprint density at radius 2 is 2.00 bits per heavy atom. The van der Waals surface area contributed by atoms with Crippen LogP contribution in [0.2, 0.25) is 0 Å². The highest BCUT2D eigenvalue weighted by atomic mass is 79.9. The fraction of sp³-hybridized carbons (Fsp3) is 0.143. The number of amides is 1. The van der Waals surface area contributed by atoms with E-state index in [9.17, 15) is 4.79 Å². The maximum Gasteiger partial charge on any atom is 0.260 e. The molecule has 0 aliphatic heterocycles. The molecule has 104 valence electrons. The summed E-state index contributed by atoms with van der Waals surface area (Å²) >= 11 is 3.32. The van der Waals surface area contributed by atoms with Crippen molar-refractivity contribution in [3.05, 3.63) is 46.6 Å². The molecule has 1 N–H and O–H groups in total. The number of nitrogens with one attached hydrogen (secondary N) is 1. The molecule has 0 bridgehead atoms. The zero-order valence-corrected chi connectivity index (χ0v) is 12.6. The zero-order valence-electron chi connectivity index (χ0n) is 11.0. The van der Waals surface area contributed by atoms with E-state index in [2.05, 4.69) is 26.2 Å². The van der Waals surface area contributed by atoms with Gasteiger partial charge in [0.05, 0.1) is 19.8 Å². The van der Waals surface area contributed by atoms with E-state index in [-0.39, 0.29) is 5.91 Å². The molecule has 0 aliphatic rings. The van der Waals surface area contributed by atoms with E-state index in [1.54, 1.807) is 43.6 Å². The van der Waals surface area contributed by atoms with Crippen LogP contribution in [0.5, 0.6) is 11.5 Å². The lowest BCUT2D eigenvalue weighted by molar-refractivity contribution is 0.102. The van der Waals surface area contributed by atoms with Crippen molar-refractivity contribution in [3.8, 4) is 11.5 Å². The van der Waals surface area contributed by atoms with Gasteiger partial charge in [-0.15, -0.1) is 0 Å². The van der Waals surface area contributed by atoms with Crippen molar-refractivity contribution in [3.63, 3.8) is 0 Å². The lowest BCUT2D eigenvalue weighted by Gasteiger charge is -2.10. The number of methoxy groups -OCH3 is 2. The van der Waals surface area contributed by atoms with Gasteiger partial charge in [0.1, 0.15) is 17.3 Å². The highest BCUT2D eigenvalue weighted by Crippen LogP contribution is 2.25. The molecule has 6 heteroatoms. The van der Waals surface area contributed by atoms with Crippen LogP contribution in [0.3, 0.4) is 0 Å². The summed E-state index contributed by atoms with van der Waals surface area (Å²) in [6, 6.07) is 8.52. The van der Waals surface area contributed by atoms with Crippen LogP contribution in [0.4, 0.5) is 5.82 Å². The molecule has 0 saturated carbocycles. The third kappa shape index (κ3) is 3.27. The van der Waals surface area contributed by atoms with E-state index in [0.29, 0.717) is 22.9 Å². The quantitative estimate of drug-likeness (QED) is 0.931. The molecule has 2 aromatic rings. The second kappa shape index (κ2) is 6.38. The van der Waals surface area contributed by atoms with Gasteiger partial charge < -0.3 is 14.8 Å². The van der Waals surface area contributed by atoms with E-state index >= 15 is 0 Å². The number of halogens is 1. The highest BCUT2D eigenvalue weighted by molar-refractivity contribution is 9.10. The maximum absolute atomic E-state index is 12.3. The average Bonchev–Trinajstić information content (AvgIpc) is 2.46. The van der Waals surface area contributed by atoms with Crippen LogP contribution in [0.1, 0.15) is 10.4 Å². The Labute approximate surface area is 125 Å². The van der Waals surface area contributed by atoms with Crippen LogP contribution in [0.15, 0.2) is 41.0 Å². The minimum Gasteiger partial charge on any atom is -0.497 e. The smallest absolute Gasteiger partial charge is 0.260 e. The van der Waals surface area contributed by atoms with Crippen LogP contribution < -0.4 is 14.8 Å². The van der Waals surface area contributed by atoms with Gasteiger partial charge in [-0.05, 0) is 30.3 Å². The number of carbonyl (C=O) groups is 1. The average molecular weight is 337 g/mol. The number of rotatable bonds is 4. The van der Waals surface area contributed by atoms with Gasteiger partial charge in [0, 0.05) is 10.7 Å². The number of hydrogen-bond donors (Lipinski definition) is 1. The van der Waals surface area contributed by atoms with Gasteiger partial charge in [-0.3, -0.25) is 4.79 Å². The summed E-state index contributed by atoms with van der Waals surface area (Å²) in [4.78, 5) is 16.3. The van der Waals surface area contributed by atoms with Gasteiger partial charge in [-0.1, -0.05) is 15.9 Å².